The molecule has 1 aromatic rings. The van der Waals surface area contributed by atoms with Gasteiger partial charge in [-0.3, -0.25) is 0 Å². The van der Waals surface area contributed by atoms with Gasteiger partial charge in [-0.2, -0.15) is 5.26 Å². The van der Waals surface area contributed by atoms with E-state index in [-0.39, 0.29) is 11.1 Å². The number of halogens is 2. The SMILES string of the molecule is Cc1ccc(F)c([C@@H](N)C#N)c1F. The number of rotatable bonds is 1. The van der Waals surface area contributed by atoms with Crippen LogP contribution in [0.1, 0.15) is 17.2 Å². The van der Waals surface area contributed by atoms with Gasteiger partial charge in [-0.25, -0.2) is 8.78 Å². The van der Waals surface area contributed by atoms with E-state index in [1.54, 1.807) is 6.07 Å². The van der Waals surface area contributed by atoms with E-state index < -0.39 is 17.7 Å². The lowest BCUT2D eigenvalue weighted by atomic mass is 10.0. The Bertz CT molecular complexity index is 369. The molecule has 13 heavy (non-hydrogen) atoms. The van der Waals surface area contributed by atoms with Crippen LogP contribution in [0.2, 0.25) is 0 Å². The molecule has 0 spiro atoms. The first-order valence-corrected chi connectivity index (χ1v) is 3.67. The van der Waals surface area contributed by atoms with Crippen molar-refractivity contribution in [3.05, 3.63) is 34.9 Å². The molecule has 0 fully saturated rings. The van der Waals surface area contributed by atoms with Crippen LogP contribution in [0.5, 0.6) is 0 Å². The lowest BCUT2D eigenvalue weighted by Crippen LogP contribution is -2.12. The summed E-state index contributed by atoms with van der Waals surface area (Å²) in [6, 6.07) is 2.74. The van der Waals surface area contributed by atoms with Gasteiger partial charge in [0, 0.05) is 0 Å². The summed E-state index contributed by atoms with van der Waals surface area (Å²) in [5, 5.41) is 8.42. The number of nitrogens with two attached hydrogens (primary N) is 1. The van der Waals surface area contributed by atoms with E-state index in [1.165, 1.54) is 13.0 Å². The van der Waals surface area contributed by atoms with Crippen molar-refractivity contribution in [2.45, 2.75) is 13.0 Å². The number of hydrogen-bond donors (Lipinski definition) is 1. The lowest BCUT2D eigenvalue weighted by Gasteiger charge is -2.07. The molecule has 1 rings (SSSR count). The van der Waals surface area contributed by atoms with Gasteiger partial charge in [0.05, 0.1) is 11.6 Å². The third-order valence-corrected chi connectivity index (χ3v) is 1.77. The molecule has 1 atom stereocenters. The normalized spacial score (nSPS) is 12.2. The number of benzene rings is 1. The lowest BCUT2D eigenvalue weighted by molar-refractivity contribution is 0.542. The maximum atomic E-state index is 13.2. The highest BCUT2D eigenvalue weighted by molar-refractivity contribution is 5.31. The summed E-state index contributed by atoms with van der Waals surface area (Å²) in [6.45, 7) is 1.49. The highest BCUT2D eigenvalue weighted by Crippen LogP contribution is 2.21. The van der Waals surface area contributed by atoms with Gasteiger partial charge in [-0.15, -0.1) is 0 Å². The Morgan fingerprint density at radius 2 is 2.08 bits per heavy atom. The second kappa shape index (κ2) is 3.50. The topological polar surface area (TPSA) is 49.8 Å². The summed E-state index contributed by atoms with van der Waals surface area (Å²) in [4.78, 5) is 0. The summed E-state index contributed by atoms with van der Waals surface area (Å²) in [5.41, 5.74) is 5.14. The van der Waals surface area contributed by atoms with Crippen LogP contribution in [-0.2, 0) is 0 Å². The fourth-order valence-corrected chi connectivity index (χ4v) is 1.03. The zero-order valence-corrected chi connectivity index (χ0v) is 7.01. The van der Waals surface area contributed by atoms with Crippen LogP contribution in [0, 0.1) is 29.9 Å². The second-order valence-electron chi connectivity index (χ2n) is 2.70. The smallest absolute Gasteiger partial charge is 0.134 e. The van der Waals surface area contributed by atoms with Crippen molar-refractivity contribution < 1.29 is 8.78 Å². The van der Waals surface area contributed by atoms with Gasteiger partial charge >= 0.3 is 0 Å². The Labute approximate surface area is 74.6 Å². The largest absolute Gasteiger partial charge is 0.312 e. The van der Waals surface area contributed by atoms with Crippen molar-refractivity contribution in [2.75, 3.05) is 0 Å². The van der Waals surface area contributed by atoms with Crippen LogP contribution in [0.3, 0.4) is 0 Å². The molecule has 0 amide bonds. The van der Waals surface area contributed by atoms with Crippen molar-refractivity contribution >= 4 is 0 Å². The molecule has 2 nitrogen and oxygen atoms in total. The van der Waals surface area contributed by atoms with E-state index in [0.29, 0.717) is 0 Å². The molecule has 68 valence electrons. The summed E-state index contributed by atoms with van der Waals surface area (Å²) >= 11 is 0. The number of hydrogen-bond acceptors (Lipinski definition) is 2. The maximum absolute atomic E-state index is 13.2. The molecule has 0 aliphatic rings. The van der Waals surface area contributed by atoms with Crippen LogP contribution in [0.25, 0.3) is 0 Å². The van der Waals surface area contributed by atoms with Gasteiger partial charge < -0.3 is 5.73 Å². The van der Waals surface area contributed by atoms with Gasteiger partial charge in [0.15, 0.2) is 0 Å². The Morgan fingerprint density at radius 3 is 2.62 bits per heavy atom. The summed E-state index contributed by atoms with van der Waals surface area (Å²) < 4.78 is 26.2. The molecule has 0 aliphatic heterocycles. The van der Waals surface area contributed by atoms with Crippen LogP contribution in [0.4, 0.5) is 8.78 Å². The highest BCUT2D eigenvalue weighted by Gasteiger charge is 2.17. The molecular weight excluding hydrogens is 174 g/mol. The molecule has 0 bridgehead atoms. The fraction of sp³-hybridized carbons (Fsp3) is 0.222. The van der Waals surface area contributed by atoms with E-state index >= 15 is 0 Å². The van der Waals surface area contributed by atoms with E-state index in [4.69, 9.17) is 11.0 Å². The molecule has 0 aromatic heterocycles. The summed E-state index contributed by atoms with van der Waals surface area (Å²) in [7, 11) is 0. The minimum Gasteiger partial charge on any atom is -0.312 e. The zero-order valence-electron chi connectivity index (χ0n) is 7.01. The standard InChI is InChI=1S/C9H8F2N2/c1-5-2-3-6(10)8(9(5)11)7(13)4-12/h2-3,7H,13H2,1H3/t7-/m0/s1. The molecule has 4 heteroatoms. The van der Waals surface area contributed by atoms with Gasteiger partial charge in [0.1, 0.15) is 17.7 Å². The Morgan fingerprint density at radius 1 is 1.46 bits per heavy atom. The van der Waals surface area contributed by atoms with E-state index in [9.17, 15) is 8.78 Å². The second-order valence-corrected chi connectivity index (χ2v) is 2.70. The molecular formula is C9H8F2N2. The molecule has 0 saturated heterocycles. The highest BCUT2D eigenvalue weighted by atomic mass is 19.1. The van der Waals surface area contributed by atoms with Gasteiger partial charge in [0.2, 0.25) is 0 Å². The molecule has 1 aromatic carbocycles. The molecule has 0 aliphatic carbocycles. The Balaban J connectivity index is 3.35. The first-order chi connectivity index (χ1) is 6.07. The van der Waals surface area contributed by atoms with Gasteiger partial charge in [-0.05, 0) is 18.6 Å². The maximum Gasteiger partial charge on any atom is 0.134 e. The van der Waals surface area contributed by atoms with Crippen LogP contribution >= 0.6 is 0 Å². The molecule has 0 heterocycles. The third kappa shape index (κ3) is 1.65. The molecule has 0 saturated carbocycles. The Kier molecular flexibility index (Phi) is 2.59. The average molecular weight is 182 g/mol. The first-order valence-electron chi connectivity index (χ1n) is 3.67. The van der Waals surface area contributed by atoms with Crippen LogP contribution in [0.15, 0.2) is 12.1 Å². The number of nitriles is 1. The van der Waals surface area contributed by atoms with Gasteiger partial charge in [0.25, 0.3) is 0 Å². The minimum absolute atomic E-state index is 0.280. The van der Waals surface area contributed by atoms with Crippen molar-refractivity contribution in [3.63, 3.8) is 0 Å². The van der Waals surface area contributed by atoms with Crippen molar-refractivity contribution in [1.82, 2.24) is 0 Å². The summed E-state index contributed by atoms with van der Waals surface area (Å²) in [6.07, 6.45) is 0. The number of nitrogens with zero attached hydrogens (tertiary/aromatic N) is 1. The predicted molar refractivity (Wildman–Crippen MR) is 43.6 cm³/mol. The van der Waals surface area contributed by atoms with Crippen LogP contribution in [-0.4, -0.2) is 0 Å². The number of aryl methyl sites for hydroxylation is 1. The monoisotopic (exact) mass is 182 g/mol. The molecule has 0 radical (unpaired) electrons. The van der Waals surface area contributed by atoms with Crippen molar-refractivity contribution in [1.29, 1.82) is 5.26 Å². The van der Waals surface area contributed by atoms with E-state index in [1.807, 2.05) is 0 Å². The molecule has 2 N–H and O–H groups in total. The van der Waals surface area contributed by atoms with E-state index in [0.717, 1.165) is 6.07 Å². The quantitative estimate of drug-likeness (QED) is 0.719. The van der Waals surface area contributed by atoms with Gasteiger partial charge in [-0.1, -0.05) is 6.07 Å². The van der Waals surface area contributed by atoms with Crippen LogP contribution < -0.4 is 5.73 Å². The predicted octanol–water partition coefficient (Wildman–Crippen LogP) is 1.80. The van der Waals surface area contributed by atoms with E-state index in [2.05, 4.69) is 0 Å². The average Bonchev–Trinajstić information content (AvgIpc) is 2.12. The fourth-order valence-electron chi connectivity index (χ4n) is 1.03. The zero-order chi connectivity index (χ0) is 10.0. The van der Waals surface area contributed by atoms with Crippen molar-refractivity contribution in [2.24, 2.45) is 5.73 Å². The first kappa shape index (κ1) is 9.62. The third-order valence-electron chi connectivity index (χ3n) is 1.77. The molecule has 0 unspecified atom stereocenters. The van der Waals surface area contributed by atoms with Crippen molar-refractivity contribution in [3.8, 4) is 6.07 Å². The summed E-state index contributed by atoms with van der Waals surface area (Å²) in [5.74, 6) is -1.52. The Hall–Kier alpha value is -1.47. The minimum atomic E-state index is -1.25.